The Hall–Kier alpha value is -0.610. The van der Waals surface area contributed by atoms with Gasteiger partial charge in [-0.2, -0.15) is 0 Å². The fraction of sp³-hybridized carbons (Fsp3) is 0.933. The highest BCUT2D eigenvalue weighted by molar-refractivity contribution is 5.79. The summed E-state index contributed by atoms with van der Waals surface area (Å²) in [6.07, 6.45) is 6.85. The number of rotatable bonds is 2. The number of carbonyl (C=O) groups is 1. The highest BCUT2D eigenvalue weighted by atomic mass is 16.5. The lowest BCUT2D eigenvalue weighted by Crippen LogP contribution is -2.46. The topological polar surface area (TPSA) is 49.8 Å². The van der Waals surface area contributed by atoms with Crippen LogP contribution < -0.4 is 0 Å². The average molecular weight is 267 g/mol. The van der Waals surface area contributed by atoms with E-state index in [4.69, 9.17) is 4.74 Å². The molecule has 3 fully saturated rings. The second-order valence-electron chi connectivity index (χ2n) is 6.29. The van der Waals surface area contributed by atoms with Crippen LogP contribution in [0.15, 0.2) is 0 Å². The van der Waals surface area contributed by atoms with Crippen molar-refractivity contribution in [1.29, 1.82) is 0 Å². The Labute approximate surface area is 115 Å². The zero-order valence-electron chi connectivity index (χ0n) is 11.6. The molecule has 2 heterocycles. The van der Waals surface area contributed by atoms with Crippen LogP contribution in [0.1, 0.15) is 44.9 Å². The van der Waals surface area contributed by atoms with Gasteiger partial charge in [0.1, 0.15) is 0 Å². The van der Waals surface area contributed by atoms with Gasteiger partial charge in [0.15, 0.2) is 0 Å². The van der Waals surface area contributed by atoms with Crippen molar-refractivity contribution in [3.8, 4) is 0 Å². The van der Waals surface area contributed by atoms with Gasteiger partial charge >= 0.3 is 0 Å². The normalized spacial score (nSPS) is 36.9. The van der Waals surface area contributed by atoms with Crippen LogP contribution >= 0.6 is 0 Å². The summed E-state index contributed by atoms with van der Waals surface area (Å²) in [6.45, 7) is 2.34. The Morgan fingerprint density at radius 2 is 1.84 bits per heavy atom. The van der Waals surface area contributed by atoms with Crippen molar-refractivity contribution in [3.63, 3.8) is 0 Å². The molecule has 1 N–H and O–H groups in total. The number of likely N-dealkylation sites (tertiary alicyclic amines) is 1. The summed E-state index contributed by atoms with van der Waals surface area (Å²) in [5.74, 6) is 0.809. The summed E-state index contributed by atoms with van der Waals surface area (Å²) in [4.78, 5) is 14.8. The molecule has 0 aromatic carbocycles. The van der Waals surface area contributed by atoms with E-state index in [0.29, 0.717) is 17.9 Å². The van der Waals surface area contributed by atoms with Crippen LogP contribution in [0.5, 0.6) is 0 Å². The number of aliphatic hydroxyl groups is 1. The first kappa shape index (κ1) is 13.4. The molecule has 3 atom stereocenters. The first-order valence-corrected chi connectivity index (χ1v) is 7.83. The number of hydrogen-bond donors (Lipinski definition) is 1. The monoisotopic (exact) mass is 267 g/mol. The molecule has 0 aromatic heterocycles. The molecule has 4 heteroatoms. The van der Waals surface area contributed by atoms with Gasteiger partial charge < -0.3 is 14.7 Å². The summed E-state index contributed by atoms with van der Waals surface area (Å²) in [6, 6.07) is 0.299. The Balaban J connectivity index is 1.66. The van der Waals surface area contributed by atoms with E-state index in [1.807, 2.05) is 0 Å². The van der Waals surface area contributed by atoms with Crippen LogP contribution in [-0.4, -0.2) is 47.8 Å². The summed E-state index contributed by atoms with van der Waals surface area (Å²) < 4.78 is 5.35. The lowest BCUT2D eigenvalue weighted by molar-refractivity contribution is -0.140. The summed E-state index contributed by atoms with van der Waals surface area (Å²) in [7, 11) is 0. The molecule has 0 aromatic rings. The number of ether oxygens (including phenoxy) is 1. The average Bonchev–Trinajstić information content (AvgIpc) is 3.07. The Bertz CT molecular complexity index is 327. The maximum absolute atomic E-state index is 12.7. The van der Waals surface area contributed by atoms with E-state index in [1.165, 1.54) is 0 Å². The van der Waals surface area contributed by atoms with Crippen LogP contribution in [-0.2, 0) is 9.53 Å². The van der Waals surface area contributed by atoms with E-state index in [0.717, 1.165) is 64.7 Å². The SMILES string of the molecule is O=C(C1CCOCC1)N1CCCC1C1CCCC1O. The molecule has 1 saturated carbocycles. The molecule has 2 aliphatic heterocycles. The van der Waals surface area contributed by atoms with Gasteiger partial charge in [0.05, 0.1) is 6.10 Å². The third kappa shape index (κ3) is 2.65. The second kappa shape index (κ2) is 5.80. The number of hydrogen-bond acceptors (Lipinski definition) is 3. The molecule has 4 nitrogen and oxygen atoms in total. The molecule has 19 heavy (non-hydrogen) atoms. The molecule has 0 radical (unpaired) electrons. The zero-order valence-corrected chi connectivity index (χ0v) is 11.6. The van der Waals surface area contributed by atoms with Gasteiger partial charge in [0.2, 0.25) is 5.91 Å². The number of carbonyl (C=O) groups excluding carboxylic acids is 1. The summed E-state index contributed by atoms with van der Waals surface area (Å²) in [5, 5.41) is 10.1. The molecular formula is C15H25NO3. The quantitative estimate of drug-likeness (QED) is 0.826. The Morgan fingerprint density at radius 1 is 1.05 bits per heavy atom. The van der Waals surface area contributed by atoms with Gasteiger partial charge in [0, 0.05) is 37.6 Å². The van der Waals surface area contributed by atoms with Crippen LogP contribution in [0.4, 0.5) is 0 Å². The third-order valence-corrected chi connectivity index (χ3v) is 5.18. The summed E-state index contributed by atoms with van der Waals surface area (Å²) in [5.41, 5.74) is 0. The van der Waals surface area contributed by atoms with E-state index >= 15 is 0 Å². The van der Waals surface area contributed by atoms with Gasteiger partial charge in [-0.05, 0) is 38.5 Å². The van der Waals surface area contributed by atoms with Crippen molar-refractivity contribution in [1.82, 2.24) is 4.90 Å². The minimum atomic E-state index is -0.187. The van der Waals surface area contributed by atoms with Crippen molar-refractivity contribution < 1.29 is 14.6 Å². The predicted molar refractivity (Wildman–Crippen MR) is 71.6 cm³/mol. The largest absolute Gasteiger partial charge is 0.393 e. The molecule has 1 amide bonds. The summed E-state index contributed by atoms with van der Waals surface area (Å²) >= 11 is 0. The maximum Gasteiger partial charge on any atom is 0.226 e. The molecule has 3 aliphatic rings. The molecular weight excluding hydrogens is 242 g/mol. The minimum Gasteiger partial charge on any atom is -0.393 e. The highest BCUT2D eigenvalue weighted by Crippen LogP contribution is 2.37. The smallest absolute Gasteiger partial charge is 0.226 e. The van der Waals surface area contributed by atoms with Crippen molar-refractivity contribution in [2.24, 2.45) is 11.8 Å². The van der Waals surface area contributed by atoms with Crippen LogP contribution in [0, 0.1) is 11.8 Å². The maximum atomic E-state index is 12.7. The fourth-order valence-corrected chi connectivity index (χ4v) is 4.11. The van der Waals surface area contributed by atoms with E-state index in [1.54, 1.807) is 0 Å². The van der Waals surface area contributed by atoms with Gasteiger partial charge in [-0.3, -0.25) is 4.79 Å². The van der Waals surface area contributed by atoms with Crippen molar-refractivity contribution >= 4 is 5.91 Å². The standard InChI is InChI=1S/C15H25NO3/c17-14-5-1-3-12(14)13-4-2-8-16(13)15(18)11-6-9-19-10-7-11/h11-14,17H,1-10H2. The van der Waals surface area contributed by atoms with Crippen molar-refractivity contribution in [3.05, 3.63) is 0 Å². The molecule has 0 bridgehead atoms. The minimum absolute atomic E-state index is 0.160. The predicted octanol–water partition coefficient (Wildman–Crippen LogP) is 1.56. The van der Waals surface area contributed by atoms with Crippen LogP contribution in [0.25, 0.3) is 0 Å². The van der Waals surface area contributed by atoms with Gasteiger partial charge in [-0.15, -0.1) is 0 Å². The first-order valence-electron chi connectivity index (χ1n) is 7.83. The number of aliphatic hydroxyl groups excluding tert-OH is 1. The molecule has 1 aliphatic carbocycles. The molecule has 3 unspecified atom stereocenters. The lowest BCUT2D eigenvalue weighted by Gasteiger charge is -2.34. The van der Waals surface area contributed by atoms with E-state index < -0.39 is 0 Å². The third-order valence-electron chi connectivity index (χ3n) is 5.18. The number of nitrogens with zero attached hydrogens (tertiary/aromatic N) is 1. The van der Waals surface area contributed by atoms with Crippen molar-refractivity contribution in [2.45, 2.75) is 57.1 Å². The van der Waals surface area contributed by atoms with Crippen molar-refractivity contribution in [2.75, 3.05) is 19.8 Å². The lowest BCUT2D eigenvalue weighted by atomic mass is 9.92. The highest BCUT2D eigenvalue weighted by Gasteiger charge is 2.41. The second-order valence-corrected chi connectivity index (χ2v) is 6.29. The van der Waals surface area contributed by atoms with Crippen LogP contribution in [0.3, 0.4) is 0 Å². The van der Waals surface area contributed by atoms with E-state index in [-0.39, 0.29) is 12.0 Å². The first-order chi connectivity index (χ1) is 9.27. The van der Waals surface area contributed by atoms with Crippen LogP contribution in [0.2, 0.25) is 0 Å². The van der Waals surface area contributed by atoms with Gasteiger partial charge in [-0.1, -0.05) is 6.42 Å². The Morgan fingerprint density at radius 3 is 2.53 bits per heavy atom. The molecule has 0 spiro atoms. The van der Waals surface area contributed by atoms with E-state index in [9.17, 15) is 9.90 Å². The molecule has 3 rings (SSSR count). The zero-order chi connectivity index (χ0) is 13.2. The van der Waals surface area contributed by atoms with Gasteiger partial charge in [0.25, 0.3) is 0 Å². The molecule has 2 saturated heterocycles. The number of amides is 1. The molecule has 108 valence electrons. The van der Waals surface area contributed by atoms with Gasteiger partial charge in [-0.25, -0.2) is 0 Å². The fourth-order valence-electron chi connectivity index (χ4n) is 4.11. The Kier molecular flexibility index (Phi) is 4.08. The van der Waals surface area contributed by atoms with E-state index in [2.05, 4.69) is 4.90 Å².